The number of nitrogens with zero attached hydrogens (tertiary/aromatic N) is 1. The van der Waals surface area contributed by atoms with Gasteiger partial charge in [-0.3, -0.25) is 9.69 Å². The largest absolute Gasteiger partial charge is 0.463 e. The first-order valence-electron chi connectivity index (χ1n) is 9.83. The van der Waals surface area contributed by atoms with E-state index >= 15 is 0 Å². The van der Waals surface area contributed by atoms with Crippen molar-refractivity contribution in [2.45, 2.75) is 64.3 Å². The maximum atomic E-state index is 13.0. The van der Waals surface area contributed by atoms with Crippen LogP contribution in [0.25, 0.3) is 0 Å². The van der Waals surface area contributed by atoms with Crippen molar-refractivity contribution >= 4 is 5.97 Å². The summed E-state index contributed by atoms with van der Waals surface area (Å²) in [6.07, 6.45) is 17.2. The first-order chi connectivity index (χ1) is 11.6. The standard InChI is InChI=1S/C21H33NO2/c1-21(2,22-14-8-9-15-22)16-24-20(23)19(18-12-6-7-13-18)17-10-4-3-5-11-17/h4,6,10,12,17-19H,3,5,7-9,11,13-16H2,1-2H3. The summed E-state index contributed by atoms with van der Waals surface area (Å²) >= 11 is 0. The van der Waals surface area contributed by atoms with Crippen molar-refractivity contribution in [3.05, 3.63) is 24.3 Å². The van der Waals surface area contributed by atoms with E-state index < -0.39 is 0 Å². The van der Waals surface area contributed by atoms with Crippen LogP contribution < -0.4 is 0 Å². The lowest BCUT2D eigenvalue weighted by molar-refractivity contribution is -0.155. The van der Waals surface area contributed by atoms with Crippen molar-refractivity contribution in [1.82, 2.24) is 4.90 Å². The van der Waals surface area contributed by atoms with Crippen LogP contribution in [0.3, 0.4) is 0 Å². The average Bonchev–Trinajstić information content (AvgIpc) is 3.28. The molecule has 0 N–H and O–H groups in total. The molecule has 3 unspecified atom stereocenters. The van der Waals surface area contributed by atoms with Gasteiger partial charge in [-0.1, -0.05) is 24.3 Å². The molecular formula is C21H33NO2. The first kappa shape index (κ1) is 17.7. The number of carbonyl (C=O) groups is 1. The van der Waals surface area contributed by atoms with E-state index in [1.807, 2.05) is 0 Å². The molecule has 3 heteroatoms. The summed E-state index contributed by atoms with van der Waals surface area (Å²) in [6, 6.07) is 0. The highest BCUT2D eigenvalue weighted by molar-refractivity contribution is 5.74. The molecule has 134 valence electrons. The van der Waals surface area contributed by atoms with E-state index in [0.29, 0.717) is 18.4 Å². The van der Waals surface area contributed by atoms with Crippen LogP contribution >= 0.6 is 0 Å². The van der Waals surface area contributed by atoms with Gasteiger partial charge in [0.25, 0.3) is 0 Å². The Morgan fingerprint density at radius 1 is 1.08 bits per heavy atom. The van der Waals surface area contributed by atoms with Crippen molar-refractivity contribution in [3.8, 4) is 0 Å². The molecule has 0 aromatic heterocycles. The van der Waals surface area contributed by atoms with Gasteiger partial charge in [-0.05, 0) is 83.7 Å². The van der Waals surface area contributed by atoms with Gasteiger partial charge in [0.05, 0.1) is 5.92 Å². The minimum absolute atomic E-state index is 0.00896. The van der Waals surface area contributed by atoms with E-state index in [0.717, 1.165) is 38.8 Å². The van der Waals surface area contributed by atoms with Gasteiger partial charge in [0, 0.05) is 5.54 Å². The van der Waals surface area contributed by atoms with E-state index in [4.69, 9.17) is 4.74 Å². The molecule has 1 heterocycles. The Hall–Kier alpha value is -1.09. The summed E-state index contributed by atoms with van der Waals surface area (Å²) in [7, 11) is 0. The molecule has 0 aromatic carbocycles. The highest BCUT2D eigenvalue weighted by Crippen LogP contribution is 2.36. The lowest BCUT2D eigenvalue weighted by Crippen LogP contribution is -2.47. The molecule has 0 aromatic rings. The molecule has 24 heavy (non-hydrogen) atoms. The molecule has 0 saturated carbocycles. The van der Waals surface area contributed by atoms with E-state index in [-0.39, 0.29) is 17.4 Å². The Morgan fingerprint density at radius 3 is 2.38 bits per heavy atom. The zero-order valence-electron chi connectivity index (χ0n) is 15.4. The van der Waals surface area contributed by atoms with E-state index in [2.05, 4.69) is 43.1 Å². The number of allylic oxidation sites excluding steroid dienone is 4. The van der Waals surface area contributed by atoms with Crippen molar-refractivity contribution < 1.29 is 9.53 Å². The minimum Gasteiger partial charge on any atom is -0.463 e. The molecule has 0 radical (unpaired) electrons. The van der Waals surface area contributed by atoms with Crippen LogP contribution in [-0.2, 0) is 9.53 Å². The number of ether oxygens (including phenoxy) is 1. The molecule has 1 saturated heterocycles. The van der Waals surface area contributed by atoms with E-state index in [1.54, 1.807) is 0 Å². The van der Waals surface area contributed by atoms with Gasteiger partial charge in [-0.25, -0.2) is 0 Å². The second-order valence-corrected chi connectivity index (χ2v) is 8.33. The molecule has 0 spiro atoms. The second-order valence-electron chi connectivity index (χ2n) is 8.33. The Kier molecular flexibility index (Phi) is 5.80. The Bertz CT molecular complexity index is 488. The van der Waals surface area contributed by atoms with Gasteiger partial charge in [0.15, 0.2) is 0 Å². The van der Waals surface area contributed by atoms with Crippen molar-refractivity contribution in [3.63, 3.8) is 0 Å². The molecule has 1 aliphatic heterocycles. The summed E-state index contributed by atoms with van der Waals surface area (Å²) in [5, 5.41) is 0. The SMILES string of the molecule is CC(C)(COC(=O)C(C1C=CCC1)C1C=CCCC1)N1CCCC1. The van der Waals surface area contributed by atoms with E-state index in [9.17, 15) is 4.79 Å². The van der Waals surface area contributed by atoms with Crippen molar-refractivity contribution in [2.24, 2.45) is 17.8 Å². The zero-order valence-corrected chi connectivity index (χ0v) is 15.4. The van der Waals surface area contributed by atoms with Crippen LogP contribution in [0.4, 0.5) is 0 Å². The Balaban J connectivity index is 1.63. The van der Waals surface area contributed by atoms with Crippen molar-refractivity contribution in [1.29, 1.82) is 0 Å². The lowest BCUT2D eigenvalue weighted by Gasteiger charge is -2.36. The number of hydrogen-bond donors (Lipinski definition) is 0. The predicted molar refractivity (Wildman–Crippen MR) is 97.7 cm³/mol. The van der Waals surface area contributed by atoms with Crippen LogP contribution in [-0.4, -0.2) is 36.1 Å². The van der Waals surface area contributed by atoms with Gasteiger partial charge >= 0.3 is 5.97 Å². The molecule has 3 rings (SSSR count). The number of likely N-dealkylation sites (tertiary alicyclic amines) is 1. The molecule has 3 aliphatic rings. The number of rotatable bonds is 6. The quantitative estimate of drug-likeness (QED) is 0.535. The predicted octanol–water partition coefficient (Wildman–Crippen LogP) is 4.34. The highest BCUT2D eigenvalue weighted by Gasteiger charge is 2.37. The zero-order chi connectivity index (χ0) is 17.0. The third kappa shape index (κ3) is 4.11. The van der Waals surface area contributed by atoms with Crippen LogP contribution in [0.2, 0.25) is 0 Å². The smallest absolute Gasteiger partial charge is 0.310 e. The normalized spacial score (nSPS) is 29.1. The average molecular weight is 332 g/mol. The number of carbonyl (C=O) groups excluding carboxylic acids is 1. The van der Waals surface area contributed by atoms with Gasteiger partial charge in [0.2, 0.25) is 0 Å². The van der Waals surface area contributed by atoms with Crippen LogP contribution in [0.15, 0.2) is 24.3 Å². The second kappa shape index (κ2) is 7.86. The van der Waals surface area contributed by atoms with Crippen molar-refractivity contribution in [2.75, 3.05) is 19.7 Å². The van der Waals surface area contributed by atoms with Crippen LogP contribution in [0.5, 0.6) is 0 Å². The molecular weight excluding hydrogens is 298 g/mol. The van der Waals surface area contributed by atoms with E-state index in [1.165, 1.54) is 19.3 Å². The number of esters is 1. The van der Waals surface area contributed by atoms with Crippen LogP contribution in [0.1, 0.15) is 58.8 Å². The third-order valence-corrected chi connectivity index (χ3v) is 6.07. The number of hydrogen-bond acceptors (Lipinski definition) is 3. The van der Waals surface area contributed by atoms with Gasteiger partial charge in [0.1, 0.15) is 6.61 Å². The highest BCUT2D eigenvalue weighted by atomic mass is 16.5. The molecule has 1 fully saturated rings. The fraction of sp³-hybridized carbons (Fsp3) is 0.762. The van der Waals surface area contributed by atoms with Gasteiger partial charge in [-0.15, -0.1) is 0 Å². The molecule has 2 aliphatic carbocycles. The summed E-state index contributed by atoms with van der Waals surface area (Å²) in [4.78, 5) is 15.4. The topological polar surface area (TPSA) is 29.5 Å². The Morgan fingerprint density at radius 2 is 1.75 bits per heavy atom. The summed E-state index contributed by atoms with van der Waals surface area (Å²) in [5.41, 5.74) is -0.0510. The van der Waals surface area contributed by atoms with Gasteiger partial charge < -0.3 is 4.74 Å². The minimum atomic E-state index is -0.0510. The molecule has 3 nitrogen and oxygen atoms in total. The van der Waals surface area contributed by atoms with Gasteiger partial charge in [-0.2, -0.15) is 0 Å². The molecule has 3 atom stereocenters. The Labute approximate surface area is 147 Å². The summed E-state index contributed by atoms with van der Waals surface area (Å²) in [5.74, 6) is 0.749. The monoisotopic (exact) mass is 331 g/mol. The third-order valence-electron chi connectivity index (χ3n) is 6.07. The van der Waals surface area contributed by atoms with Crippen LogP contribution in [0, 0.1) is 17.8 Å². The molecule has 0 amide bonds. The molecule has 0 bridgehead atoms. The maximum absolute atomic E-state index is 13.0. The lowest BCUT2D eigenvalue weighted by atomic mass is 9.76. The fourth-order valence-electron chi connectivity index (χ4n) is 4.52. The summed E-state index contributed by atoms with van der Waals surface area (Å²) in [6.45, 7) is 7.18. The maximum Gasteiger partial charge on any atom is 0.310 e. The summed E-state index contributed by atoms with van der Waals surface area (Å²) < 4.78 is 5.90. The first-order valence-corrected chi connectivity index (χ1v) is 9.83. The fourth-order valence-corrected chi connectivity index (χ4v) is 4.52.